The van der Waals surface area contributed by atoms with Gasteiger partial charge in [0.2, 0.25) is 23.6 Å². The van der Waals surface area contributed by atoms with Gasteiger partial charge >= 0.3 is 5.97 Å². The average Bonchev–Trinajstić information content (AvgIpc) is 3.16. The third-order valence-corrected chi connectivity index (χ3v) is 8.90. The highest BCUT2D eigenvalue weighted by molar-refractivity contribution is 5.78. The van der Waals surface area contributed by atoms with E-state index in [4.69, 9.17) is 24.1 Å². The zero-order chi connectivity index (χ0) is 40.3. The summed E-state index contributed by atoms with van der Waals surface area (Å²) < 4.78 is 21.3. The molecule has 0 unspecified atom stereocenters. The van der Waals surface area contributed by atoms with Crippen molar-refractivity contribution in [3.63, 3.8) is 0 Å². The number of rotatable bonds is 43. The van der Waals surface area contributed by atoms with E-state index >= 15 is 0 Å². The Hall–Kier alpha value is -2.81. The molecule has 322 valence electrons. The van der Waals surface area contributed by atoms with E-state index in [1.54, 1.807) is 0 Å². The van der Waals surface area contributed by atoms with Gasteiger partial charge in [0.15, 0.2) is 0 Å². The molecule has 14 nitrogen and oxygen atoms in total. The van der Waals surface area contributed by atoms with Crippen LogP contribution < -0.4 is 21.3 Å². The van der Waals surface area contributed by atoms with Crippen molar-refractivity contribution in [1.29, 1.82) is 0 Å². The number of nitrogens with one attached hydrogen (secondary N) is 4. The fourth-order valence-corrected chi connectivity index (χ4v) is 5.69. The normalized spacial score (nSPS) is 11.0. The number of hydrogen-bond donors (Lipinski definition) is 5. The van der Waals surface area contributed by atoms with Crippen molar-refractivity contribution in [2.45, 2.75) is 155 Å². The third-order valence-electron chi connectivity index (χ3n) is 8.90. The van der Waals surface area contributed by atoms with Gasteiger partial charge in [0.05, 0.1) is 39.6 Å². The number of hydrogen-bond acceptors (Lipinski definition) is 9. The SMILES string of the molecule is CCCCCCCCCCCCCCCCCCC(=O)NCCCC(=O)NCCOCCOCC(=O)NCCOCCOCC(=O)NCCCCCC(=O)O. The first-order chi connectivity index (χ1) is 26.8. The van der Waals surface area contributed by atoms with Crippen LogP contribution in [0.5, 0.6) is 0 Å². The Bertz CT molecular complexity index is 941. The lowest BCUT2D eigenvalue weighted by Crippen LogP contribution is -2.32. The Morgan fingerprint density at radius 3 is 1.20 bits per heavy atom. The molecule has 55 heavy (non-hydrogen) atoms. The summed E-state index contributed by atoms with van der Waals surface area (Å²) in [6.07, 6.45) is 24.7. The Kier molecular flexibility index (Phi) is 40.2. The molecule has 5 N–H and O–H groups in total. The maximum absolute atomic E-state index is 12.1. The van der Waals surface area contributed by atoms with E-state index in [0.29, 0.717) is 71.7 Å². The highest BCUT2D eigenvalue weighted by Gasteiger charge is 2.05. The topological polar surface area (TPSA) is 191 Å². The van der Waals surface area contributed by atoms with E-state index in [1.807, 2.05) is 0 Å². The summed E-state index contributed by atoms with van der Waals surface area (Å²) in [5, 5.41) is 19.7. The van der Waals surface area contributed by atoms with Gasteiger partial charge in [-0.3, -0.25) is 24.0 Å². The maximum Gasteiger partial charge on any atom is 0.303 e. The van der Waals surface area contributed by atoms with E-state index in [0.717, 1.165) is 25.7 Å². The quantitative estimate of drug-likeness (QED) is 0.0487. The van der Waals surface area contributed by atoms with Gasteiger partial charge in [-0.15, -0.1) is 0 Å². The highest BCUT2D eigenvalue weighted by atomic mass is 16.5. The molecule has 0 aromatic carbocycles. The maximum atomic E-state index is 12.1. The lowest BCUT2D eigenvalue weighted by atomic mass is 10.0. The van der Waals surface area contributed by atoms with E-state index in [-0.39, 0.29) is 63.1 Å². The largest absolute Gasteiger partial charge is 0.481 e. The van der Waals surface area contributed by atoms with Crippen LogP contribution in [0, 0.1) is 0 Å². The first-order valence-corrected chi connectivity index (χ1v) is 21.4. The Morgan fingerprint density at radius 2 is 0.709 bits per heavy atom. The van der Waals surface area contributed by atoms with Crippen molar-refractivity contribution in [2.24, 2.45) is 0 Å². The third kappa shape index (κ3) is 43.8. The molecule has 0 saturated heterocycles. The number of carboxylic acid groups (broad SMARTS) is 1. The minimum absolute atomic E-state index is 0.0622. The molecular weight excluding hydrogens is 708 g/mol. The monoisotopic (exact) mass is 787 g/mol. The van der Waals surface area contributed by atoms with Gasteiger partial charge in [0.1, 0.15) is 13.2 Å². The van der Waals surface area contributed by atoms with Crippen LogP contribution in [0.4, 0.5) is 0 Å². The van der Waals surface area contributed by atoms with Gasteiger partial charge in [-0.1, -0.05) is 110 Å². The minimum Gasteiger partial charge on any atom is -0.481 e. The molecule has 0 aromatic rings. The molecule has 0 atom stereocenters. The van der Waals surface area contributed by atoms with Crippen molar-refractivity contribution >= 4 is 29.6 Å². The number of ether oxygens (including phenoxy) is 4. The second kappa shape index (κ2) is 42.3. The van der Waals surface area contributed by atoms with Crippen LogP contribution in [0.1, 0.15) is 155 Å². The lowest BCUT2D eigenvalue weighted by Gasteiger charge is -2.09. The molecule has 0 aliphatic heterocycles. The van der Waals surface area contributed by atoms with Gasteiger partial charge in [-0.2, -0.15) is 0 Å². The average molecular weight is 787 g/mol. The molecule has 0 fully saturated rings. The predicted molar refractivity (Wildman–Crippen MR) is 215 cm³/mol. The number of carbonyl (C=O) groups excluding carboxylic acids is 4. The van der Waals surface area contributed by atoms with Gasteiger partial charge < -0.3 is 45.3 Å². The molecule has 0 bridgehead atoms. The predicted octanol–water partition coefficient (Wildman–Crippen LogP) is 5.59. The molecule has 0 aliphatic carbocycles. The van der Waals surface area contributed by atoms with Gasteiger partial charge in [-0.25, -0.2) is 0 Å². The summed E-state index contributed by atoms with van der Waals surface area (Å²) in [7, 11) is 0. The number of carboxylic acids is 1. The van der Waals surface area contributed by atoms with Crippen molar-refractivity contribution in [3.8, 4) is 0 Å². The molecule has 4 amide bonds. The fourth-order valence-electron chi connectivity index (χ4n) is 5.69. The van der Waals surface area contributed by atoms with E-state index in [9.17, 15) is 24.0 Å². The van der Waals surface area contributed by atoms with Crippen LogP contribution >= 0.6 is 0 Å². The van der Waals surface area contributed by atoms with E-state index in [1.165, 1.54) is 89.9 Å². The number of amides is 4. The van der Waals surface area contributed by atoms with Crippen LogP contribution in [0.25, 0.3) is 0 Å². The standard InChI is InChI=1S/C41H78N4O10/c1-2-3-4-5-6-7-8-9-10-11-12-13-14-15-16-18-22-37(46)42-26-21-23-38(47)44-27-29-52-31-34-55-36-40(49)45-28-30-53-32-33-54-35-39(48)43-25-20-17-19-24-41(50)51/h2-36H2,1H3,(H,42,46)(H,43,48)(H,44,47)(H,45,49)(H,50,51). The molecule has 0 heterocycles. The molecule has 0 aromatic heterocycles. The molecular formula is C41H78N4O10. The number of aliphatic carboxylic acids is 1. The summed E-state index contributed by atoms with van der Waals surface area (Å²) in [6.45, 7) is 5.44. The Morgan fingerprint density at radius 1 is 0.364 bits per heavy atom. The Labute approximate surface area is 332 Å². The van der Waals surface area contributed by atoms with Crippen LogP contribution in [-0.2, 0) is 42.9 Å². The van der Waals surface area contributed by atoms with Crippen molar-refractivity contribution in [3.05, 3.63) is 0 Å². The van der Waals surface area contributed by atoms with E-state index in [2.05, 4.69) is 28.2 Å². The van der Waals surface area contributed by atoms with Gasteiger partial charge in [0.25, 0.3) is 0 Å². The molecule has 0 spiro atoms. The van der Waals surface area contributed by atoms with Crippen LogP contribution in [0.15, 0.2) is 0 Å². The molecule has 0 rings (SSSR count). The minimum atomic E-state index is -0.813. The second-order valence-corrected chi connectivity index (χ2v) is 14.1. The van der Waals surface area contributed by atoms with Gasteiger partial charge in [-0.05, 0) is 25.7 Å². The first kappa shape index (κ1) is 52.2. The van der Waals surface area contributed by atoms with Gasteiger partial charge in [0, 0.05) is 45.4 Å². The summed E-state index contributed by atoms with van der Waals surface area (Å²) in [6, 6.07) is 0. The zero-order valence-corrected chi connectivity index (χ0v) is 34.4. The van der Waals surface area contributed by atoms with Crippen molar-refractivity contribution in [1.82, 2.24) is 21.3 Å². The summed E-state index contributed by atoms with van der Waals surface area (Å²) in [4.78, 5) is 58.0. The summed E-state index contributed by atoms with van der Waals surface area (Å²) >= 11 is 0. The van der Waals surface area contributed by atoms with Crippen LogP contribution in [0.3, 0.4) is 0 Å². The molecule has 0 radical (unpaired) electrons. The Balaban J connectivity index is 3.37. The zero-order valence-electron chi connectivity index (χ0n) is 34.4. The first-order valence-electron chi connectivity index (χ1n) is 21.4. The second-order valence-electron chi connectivity index (χ2n) is 14.1. The van der Waals surface area contributed by atoms with Crippen LogP contribution in [0.2, 0.25) is 0 Å². The lowest BCUT2D eigenvalue weighted by molar-refractivity contribution is -0.137. The molecule has 0 saturated carbocycles. The highest BCUT2D eigenvalue weighted by Crippen LogP contribution is 2.14. The van der Waals surface area contributed by atoms with E-state index < -0.39 is 5.97 Å². The number of unbranched alkanes of at least 4 members (excludes halogenated alkanes) is 17. The van der Waals surface area contributed by atoms with Crippen LogP contribution in [-0.4, -0.2) is 114 Å². The van der Waals surface area contributed by atoms with Crippen molar-refractivity contribution < 1.29 is 48.0 Å². The summed E-state index contributed by atoms with van der Waals surface area (Å²) in [5.41, 5.74) is 0. The molecule has 0 aliphatic rings. The fraction of sp³-hybridized carbons (Fsp3) is 0.878. The molecule has 14 heteroatoms. The number of carbonyl (C=O) groups is 5. The van der Waals surface area contributed by atoms with Crippen molar-refractivity contribution in [2.75, 3.05) is 79.0 Å². The smallest absolute Gasteiger partial charge is 0.303 e. The summed E-state index contributed by atoms with van der Waals surface area (Å²) in [5.74, 6) is -1.34.